The molecule has 0 N–H and O–H groups in total. The molecule has 4 fully saturated rings. The first-order valence-electron chi connectivity index (χ1n) is 5.90. The third kappa shape index (κ3) is 1.40. The third-order valence-corrected chi connectivity index (χ3v) is 4.23. The summed E-state index contributed by atoms with van der Waals surface area (Å²) in [5, 5.41) is 0. The van der Waals surface area contributed by atoms with Crippen molar-refractivity contribution >= 4 is 0 Å². The number of hydrogen-bond donors (Lipinski definition) is 0. The largest absolute Gasteiger partial charge is 0.302 e. The average molecular weight is 180 g/mol. The van der Waals surface area contributed by atoms with Crippen LogP contribution in [0.25, 0.3) is 0 Å². The van der Waals surface area contributed by atoms with Crippen LogP contribution in [0.1, 0.15) is 25.7 Å². The molecule has 0 aliphatic carbocycles. The van der Waals surface area contributed by atoms with Gasteiger partial charge in [0, 0.05) is 12.6 Å². The van der Waals surface area contributed by atoms with E-state index >= 15 is 0 Å². The molecule has 1 unspecified atom stereocenters. The predicted octanol–water partition coefficient (Wildman–Crippen LogP) is 1.18. The van der Waals surface area contributed by atoms with E-state index in [0.29, 0.717) is 0 Å². The molecule has 0 spiro atoms. The summed E-state index contributed by atoms with van der Waals surface area (Å²) in [7, 11) is 0. The first kappa shape index (κ1) is 8.25. The number of rotatable bonds is 1. The van der Waals surface area contributed by atoms with Crippen molar-refractivity contribution in [1.29, 1.82) is 0 Å². The summed E-state index contributed by atoms with van der Waals surface area (Å²) in [4.78, 5) is 5.43. The number of fused-ring (bicyclic) bond motifs is 3. The lowest BCUT2D eigenvalue weighted by molar-refractivity contribution is 0.0157. The van der Waals surface area contributed by atoms with E-state index < -0.39 is 0 Å². The Bertz CT molecular complexity index is 177. The first-order chi connectivity index (χ1) is 6.43. The molecule has 74 valence electrons. The van der Waals surface area contributed by atoms with Crippen molar-refractivity contribution < 1.29 is 0 Å². The molecule has 0 amide bonds. The van der Waals surface area contributed by atoms with Crippen LogP contribution in [0.2, 0.25) is 0 Å². The molecule has 4 aliphatic rings. The lowest BCUT2D eigenvalue weighted by Crippen LogP contribution is -2.56. The van der Waals surface area contributed by atoms with Gasteiger partial charge in [0.15, 0.2) is 0 Å². The van der Waals surface area contributed by atoms with E-state index in [-0.39, 0.29) is 0 Å². The highest BCUT2D eigenvalue weighted by atomic mass is 15.3. The number of hydrogen-bond acceptors (Lipinski definition) is 2. The van der Waals surface area contributed by atoms with Crippen LogP contribution in [0.15, 0.2) is 0 Å². The zero-order chi connectivity index (χ0) is 8.67. The van der Waals surface area contributed by atoms with E-state index in [1.165, 1.54) is 58.4 Å². The van der Waals surface area contributed by atoms with Gasteiger partial charge >= 0.3 is 0 Å². The SMILES string of the molecule is C1CCN(C2CN3CCC2CC3)C1. The summed E-state index contributed by atoms with van der Waals surface area (Å²) >= 11 is 0. The maximum atomic E-state index is 2.76. The van der Waals surface area contributed by atoms with Crippen LogP contribution in [0.4, 0.5) is 0 Å². The number of nitrogens with zero attached hydrogens (tertiary/aromatic N) is 2. The molecule has 0 radical (unpaired) electrons. The van der Waals surface area contributed by atoms with Gasteiger partial charge in [0.25, 0.3) is 0 Å². The Morgan fingerprint density at radius 2 is 1.54 bits per heavy atom. The molecule has 4 rings (SSSR count). The van der Waals surface area contributed by atoms with Crippen molar-refractivity contribution in [2.24, 2.45) is 5.92 Å². The van der Waals surface area contributed by atoms with Crippen LogP contribution in [-0.2, 0) is 0 Å². The van der Waals surface area contributed by atoms with Gasteiger partial charge in [-0.1, -0.05) is 0 Å². The van der Waals surface area contributed by atoms with Crippen molar-refractivity contribution in [3.8, 4) is 0 Å². The Labute approximate surface area is 80.9 Å². The van der Waals surface area contributed by atoms with Crippen LogP contribution < -0.4 is 0 Å². The maximum absolute atomic E-state index is 2.76. The van der Waals surface area contributed by atoms with Gasteiger partial charge in [-0.3, -0.25) is 4.90 Å². The fraction of sp³-hybridized carbons (Fsp3) is 1.00. The molecular formula is C11H20N2. The molecule has 1 atom stereocenters. The fourth-order valence-electron chi connectivity index (χ4n) is 3.42. The zero-order valence-electron chi connectivity index (χ0n) is 8.41. The van der Waals surface area contributed by atoms with Gasteiger partial charge in [-0.25, -0.2) is 0 Å². The Morgan fingerprint density at radius 3 is 2.08 bits per heavy atom. The van der Waals surface area contributed by atoms with E-state index in [1.807, 2.05) is 0 Å². The second-order valence-electron chi connectivity index (χ2n) is 4.95. The van der Waals surface area contributed by atoms with Crippen molar-refractivity contribution in [1.82, 2.24) is 9.80 Å². The van der Waals surface area contributed by atoms with Crippen LogP contribution in [0, 0.1) is 5.92 Å². The normalized spacial score (nSPS) is 45.7. The second-order valence-corrected chi connectivity index (χ2v) is 4.95. The van der Waals surface area contributed by atoms with Gasteiger partial charge in [0.1, 0.15) is 0 Å². The zero-order valence-corrected chi connectivity index (χ0v) is 8.41. The fourth-order valence-corrected chi connectivity index (χ4v) is 3.42. The molecule has 0 aromatic rings. The Hall–Kier alpha value is -0.0800. The summed E-state index contributed by atoms with van der Waals surface area (Å²) in [6.45, 7) is 6.92. The van der Waals surface area contributed by atoms with Crippen molar-refractivity contribution in [2.45, 2.75) is 31.7 Å². The van der Waals surface area contributed by atoms with E-state index in [2.05, 4.69) is 9.80 Å². The topological polar surface area (TPSA) is 6.48 Å². The van der Waals surface area contributed by atoms with Crippen LogP contribution in [0.5, 0.6) is 0 Å². The Balaban J connectivity index is 1.70. The minimum atomic E-state index is 0.935. The molecule has 2 nitrogen and oxygen atoms in total. The van der Waals surface area contributed by atoms with E-state index in [1.54, 1.807) is 0 Å². The van der Waals surface area contributed by atoms with Crippen molar-refractivity contribution in [2.75, 3.05) is 32.7 Å². The minimum Gasteiger partial charge on any atom is -0.302 e. The third-order valence-electron chi connectivity index (χ3n) is 4.23. The van der Waals surface area contributed by atoms with Crippen LogP contribution in [0.3, 0.4) is 0 Å². The van der Waals surface area contributed by atoms with Gasteiger partial charge in [0.2, 0.25) is 0 Å². The van der Waals surface area contributed by atoms with Crippen LogP contribution in [-0.4, -0.2) is 48.6 Å². The molecule has 0 aromatic carbocycles. The molecule has 13 heavy (non-hydrogen) atoms. The number of likely N-dealkylation sites (tertiary alicyclic amines) is 1. The summed E-state index contributed by atoms with van der Waals surface area (Å²) in [6, 6.07) is 0.935. The standard InChI is InChI=1S/C11H20N2/c1-2-6-13(5-1)11-9-12-7-3-10(11)4-8-12/h10-11H,1-9H2. The number of piperidine rings is 3. The molecule has 4 aliphatic heterocycles. The summed E-state index contributed by atoms with van der Waals surface area (Å²) in [5.41, 5.74) is 0. The quantitative estimate of drug-likeness (QED) is 0.598. The molecule has 0 aromatic heterocycles. The summed E-state index contributed by atoms with van der Waals surface area (Å²) in [6.07, 6.45) is 5.84. The molecule has 0 saturated carbocycles. The molecule has 2 heteroatoms. The summed E-state index contributed by atoms with van der Waals surface area (Å²) < 4.78 is 0. The van der Waals surface area contributed by atoms with Gasteiger partial charge in [-0.05, 0) is 57.8 Å². The van der Waals surface area contributed by atoms with Gasteiger partial charge in [0.05, 0.1) is 0 Å². The van der Waals surface area contributed by atoms with Gasteiger partial charge in [-0.15, -0.1) is 0 Å². The van der Waals surface area contributed by atoms with E-state index in [0.717, 1.165) is 12.0 Å². The predicted molar refractivity (Wildman–Crippen MR) is 53.8 cm³/mol. The van der Waals surface area contributed by atoms with Gasteiger partial charge in [-0.2, -0.15) is 0 Å². The Morgan fingerprint density at radius 1 is 0.846 bits per heavy atom. The lowest BCUT2D eigenvalue weighted by Gasteiger charge is -2.48. The lowest BCUT2D eigenvalue weighted by atomic mass is 9.83. The monoisotopic (exact) mass is 180 g/mol. The highest BCUT2D eigenvalue weighted by molar-refractivity contribution is 4.93. The highest BCUT2D eigenvalue weighted by Crippen LogP contribution is 2.32. The second kappa shape index (κ2) is 3.25. The molecule has 4 saturated heterocycles. The van der Waals surface area contributed by atoms with Gasteiger partial charge < -0.3 is 4.90 Å². The summed E-state index contributed by atoms with van der Waals surface area (Å²) in [5.74, 6) is 1.04. The maximum Gasteiger partial charge on any atom is 0.0252 e. The first-order valence-corrected chi connectivity index (χ1v) is 5.90. The smallest absolute Gasteiger partial charge is 0.0252 e. The van der Waals surface area contributed by atoms with Crippen molar-refractivity contribution in [3.63, 3.8) is 0 Å². The van der Waals surface area contributed by atoms with Crippen LogP contribution >= 0.6 is 0 Å². The average Bonchev–Trinajstić information content (AvgIpc) is 2.72. The highest BCUT2D eigenvalue weighted by Gasteiger charge is 2.37. The molecule has 4 heterocycles. The minimum absolute atomic E-state index is 0.935. The van der Waals surface area contributed by atoms with Crippen molar-refractivity contribution in [3.05, 3.63) is 0 Å². The molecular weight excluding hydrogens is 160 g/mol. The van der Waals surface area contributed by atoms with E-state index in [4.69, 9.17) is 0 Å². The Kier molecular flexibility index (Phi) is 2.06. The van der Waals surface area contributed by atoms with E-state index in [9.17, 15) is 0 Å². The molecule has 2 bridgehead atoms.